The van der Waals surface area contributed by atoms with E-state index in [1.165, 1.54) is 0 Å². The van der Waals surface area contributed by atoms with Crippen LogP contribution in [0, 0.1) is 22.2 Å². The summed E-state index contributed by atoms with van der Waals surface area (Å²) in [5.74, 6) is 0.630. The molecule has 1 aliphatic heterocycles. The SMILES string of the molecule is CC(C)(C)[C@H]1[C@@H](C(C)(C)C)OCC1(C)C. The molecule has 0 amide bonds. The second kappa shape index (κ2) is 3.48. The van der Waals surface area contributed by atoms with Crippen molar-refractivity contribution in [3.8, 4) is 0 Å². The first-order valence-corrected chi connectivity index (χ1v) is 6.08. The minimum Gasteiger partial charge on any atom is -0.377 e. The highest BCUT2D eigenvalue weighted by atomic mass is 16.5. The highest BCUT2D eigenvalue weighted by Crippen LogP contribution is 2.52. The minimum absolute atomic E-state index is 0.242. The van der Waals surface area contributed by atoms with E-state index in [1.807, 2.05) is 0 Å². The van der Waals surface area contributed by atoms with Crippen LogP contribution < -0.4 is 0 Å². The molecule has 0 bridgehead atoms. The van der Waals surface area contributed by atoms with Gasteiger partial charge in [0, 0.05) is 0 Å². The Morgan fingerprint density at radius 3 is 1.67 bits per heavy atom. The van der Waals surface area contributed by atoms with E-state index in [-0.39, 0.29) is 5.41 Å². The van der Waals surface area contributed by atoms with Gasteiger partial charge in [0.25, 0.3) is 0 Å². The number of hydrogen-bond donors (Lipinski definition) is 0. The van der Waals surface area contributed by atoms with Crippen LogP contribution >= 0.6 is 0 Å². The second-order valence-electron chi connectivity index (χ2n) is 7.93. The van der Waals surface area contributed by atoms with Crippen molar-refractivity contribution in [2.45, 2.75) is 61.5 Å². The average molecular weight is 212 g/mol. The van der Waals surface area contributed by atoms with E-state index in [1.54, 1.807) is 0 Å². The predicted molar refractivity (Wildman–Crippen MR) is 65.9 cm³/mol. The number of hydrogen-bond acceptors (Lipinski definition) is 1. The molecule has 1 heteroatoms. The van der Waals surface area contributed by atoms with E-state index in [0.717, 1.165) is 6.61 Å². The lowest BCUT2D eigenvalue weighted by Crippen LogP contribution is -2.43. The Labute approximate surface area is 95.6 Å². The van der Waals surface area contributed by atoms with Gasteiger partial charge >= 0.3 is 0 Å². The smallest absolute Gasteiger partial charge is 0.0662 e. The maximum absolute atomic E-state index is 6.07. The Balaban J connectivity index is 3.03. The zero-order chi connectivity index (χ0) is 12.1. The van der Waals surface area contributed by atoms with Crippen LogP contribution in [0.15, 0.2) is 0 Å². The first kappa shape index (κ1) is 13.0. The Bertz CT molecular complexity index is 227. The summed E-state index contributed by atoms with van der Waals surface area (Å²) in [6, 6.07) is 0. The Kier molecular flexibility index (Phi) is 3.02. The maximum atomic E-state index is 6.07. The van der Waals surface area contributed by atoms with Crippen molar-refractivity contribution in [1.29, 1.82) is 0 Å². The molecule has 1 fully saturated rings. The van der Waals surface area contributed by atoms with E-state index in [2.05, 4.69) is 55.4 Å². The molecule has 0 saturated carbocycles. The molecule has 0 aromatic carbocycles. The van der Waals surface area contributed by atoms with Gasteiger partial charge in [-0.3, -0.25) is 0 Å². The van der Waals surface area contributed by atoms with Gasteiger partial charge in [0.2, 0.25) is 0 Å². The quantitative estimate of drug-likeness (QED) is 0.587. The molecule has 15 heavy (non-hydrogen) atoms. The summed E-state index contributed by atoms with van der Waals surface area (Å²) in [7, 11) is 0. The molecule has 0 aromatic heterocycles. The van der Waals surface area contributed by atoms with Gasteiger partial charge < -0.3 is 4.74 Å². The molecule has 0 aliphatic carbocycles. The van der Waals surface area contributed by atoms with Crippen molar-refractivity contribution in [2.75, 3.05) is 6.61 Å². The van der Waals surface area contributed by atoms with Crippen molar-refractivity contribution in [2.24, 2.45) is 22.2 Å². The molecule has 1 rings (SSSR count). The van der Waals surface area contributed by atoms with Gasteiger partial charge in [0.1, 0.15) is 0 Å². The van der Waals surface area contributed by atoms with Crippen LogP contribution in [0.25, 0.3) is 0 Å². The Morgan fingerprint density at radius 1 is 0.933 bits per heavy atom. The van der Waals surface area contributed by atoms with Crippen LogP contribution in [-0.4, -0.2) is 12.7 Å². The monoisotopic (exact) mass is 212 g/mol. The predicted octanol–water partition coefficient (Wildman–Crippen LogP) is 4.12. The van der Waals surface area contributed by atoms with Crippen LogP contribution in [0.5, 0.6) is 0 Å². The summed E-state index contributed by atoms with van der Waals surface area (Å²) in [6.07, 6.45) is 0.382. The zero-order valence-corrected chi connectivity index (χ0v) is 11.8. The third kappa shape index (κ3) is 2.55. The fourth-order valence-electron chi connectivity index (χ4n) is 3.28. The summed E-state index contributed by atoms with van der Waals surface area (Å²) in [5.41, 5.74) is 0.861. The average Bonchev–Trinajstić information content (AvgIpc) is 2.21. The summed E-state index contributed by atoms with van der Waals surface area (Å²) in [6.45, 7) is 19.5. The summed E-state index contributed by atoms with van der Waals surface area (Å²) < 4.78 is 6.07. The third-order valence-electron chi connectivity index (χ3n) is 3.57. The number of ether oxygens (including phenoxy) is 1. The lowest BCUT2D eigenvalue weighted by molar-refractivity contribution is -0.0213. The van der Waals surface area contributed by atoms with Gasteiger partial charge in [0.05, 0.1) is 12.7 Å². The zero-order valence-electron chi connectivity index (χ0n) is 11.8. The molecule has 0 spiro atoms. The molecule has 2 atom stereocenters. The molecule has 1 saturated heterocycles. The highest BCUT2D eigenvalue weighted by Gasteiger charge is 2.52. The van der Waals surface area contributed by atoms with Crippen molar-refractivity contribution in [3.05, 3.63) is 0 Å². The molecule has 0 radical (unpaired) electrons. The third-order valence-corrected chi connectivity index (χ3v) is 3.57. The van der Waals surface area contributed by atoms with E-state index in [0.29, 0.717) is 22.9 Å². The van der Waals surface area contributed by atoms with E-state index < -0.39 is 0 Å². The van der Waals surface area contributed by atoms with Gasteiger partial charge in [-0.15, -0.1) is 0 Å². The van der Waals surface area contributed by atoms with Gasteiger partial charge in [-0.2, -0.15) is 0 Å². The first-order chi connectivity index (χ1) is 6.46. The molecule has 90 valence electrons. The molecule has 0 N–H and O–H groups in total. The molecular formula is C14H28O. The van der Waals surface area contributed by atoms with Crippen molar-refractivity contribution in [1.82, 2.24) is 0 Å². The lowest BCUT2D eigenvalue weighted by Gasteiger charge is -2.43. The van der Waals surface area contributed by atoms with Crippen molar-refractivity contribution < 1.29 is 4.74 Å². The molecular weight excluding hydrogens is 184 g/mol. The minimum atomic E-state index is 0.242. The van der Waals surface area contributed by atoms with Gasteiger partial charge in [-0.05, 0) is 22.2 Å². The molecule has 1 aliphatic rings. The largest absolute Gasteiger partial charge is 0.377 e. The van der Waals surface area contributed by atoms with E-state index in [4.69, 9.17) is 4.74 Å². The van der Waals surface area contributed by atoms with Crippen LogP contribution in [-0.2, 0) is 4.74 Å². The van der Waals surface area contributed by atoms with E-state index in [9.17, 15) is 0 Å². The van der Waals surface area contributed by atoms with Gasteiger partial charge in [-0.1, -0.05) is 55.4 Å². The fraction of sp³-hybridized carbons (Fsp3) is 1.00. The fourth-order valence-corrected chi connectivity index (χ4v) is 3.28. The standard InChI is InChI=1S/C14H28O/c1-12(2,3)10-11(13(4,5)6)15-9-14(10,7)8/h10-11H,9H2,1-8H3/t10-,11+/m1/s1. The Hall–Kier alpha value is -0.0400. The number of rotatable bonds is 0. The van der Waals surface area contributed by atoms with Gasteiger partial charge in [-0.25, -0.2) is 0 Å². The van der Waals surface area contributed by atoms with Crippen LogP contribution in [0.4, 0.5) is 0 Å². The highest BCUT2D eigenvalue weighted by molar-refractivity contribution is 5.00. The molecule has 0 unspecified atom stereocenters. The van der Waals surface area contributed by atoms with Crippen LogP contribution in [0.3, 0.4) is 0 Å². The van der Waals surface area contributed by atoms with E-state index >= 15 is 0 Å². The first-order valence-electron chi connectivity index (χ1n) is 6.08. The van der Waals surface area contributed by atoms with Gasteiger partial charge in [0.15, 0.2) is 0 Å². The lowest BCUT2D eigenvalue weighted by atomic mass is 9.61. The van der Waals surface area contributed by atoms with Crippen LogP contribution in [0.2, 0.25) is 0 Å². The molecule has 0 aromatic rings. The topological polar surface area (TPSA) is 9.23 Å². The Morgan fingerprint density at radius 2 is 1.40 bits per heavy atom. The molecule has 1 nitrogen and oxygen atoms in total. The van der Waals surface area contributed by atoms with Crippen molar-refractivity contribution >= 4 is 0 Å². The summed E-state index contributed by atoms with van der Waals surface area (Å²) in [5, 5.41) is 0. The van der Waals surface area contributed by atoms with Crippen LogP contribution in [0.1, 0.15) is 55.4 Å². The van der Waals surface area contributed by atoms with Crippen molar-refractivity contribution in [3.63, 3.8) is 0 Å². The summed E-state index contributed by atoms with van der Waals surface area (Å²) in [4.78, 5) is 0. The molecule has 1 heterocycles. The normalized spacial score (nSPS) is 32.0. The second-order valence-corrected chi connectivity index (χ2v) is 7.93. The maximum Gasteiger partial charge on any atom is 0.0662 e. The summed E-state index contributed by atoms with van der Waals surface area (Å²) >= 11 is 0.